The highest BCUT2D eigenvalue weighted by molar-refractivity contribution is 8.07. The second-order valence-electron chi connectivity index (χ2n) is 5.02. The molecule has 0 amide bonds. The molecule has 0 aromatic heterocycles. The van der Waals surface area contributed by atoms with E-state index in [4.69, 9.17) is 11.6 Å². The van der Waals surface area contributed by atoms with E-state index in [1.54, 1.807) is 0 Å². The van der Waals surface area contributed by atoms with Gasteiger partial charge in [0.15, 0.2) is 0 Å². The molecule has 1 nitrogen and oxygen atoms in total. The van der Waals surface area contributed by atoms with Gasteiger partial charge in [0, 0.05) is 33.4 Å². The monoisotopic (exact) mass is 316 g/mol. The zero-order valence-corrected chi connectivity index (χ0v) is 13.8. The number of hydrogen-bond donors (Lipinski definition) is 1. The zero-order chi connectivity index (χ0) is 13.8. The van der Waals surface area contributed by atoms with Crippen LogP contribution in [0, 0.1) is 6.92 Å². The van der Waals surface area contributed by atoms with Gasteiger partial charge >= 0.3 is 0 Å². The van der Waals surface area contributed by atoms with Crippen molar-refractivity contribution in [1.82, 2.24) is 0 Å². The maximum Gasteiger partial charge on any atom is 0.0710 e. The second kappa shape index (κ2) is 7.26. The molecular weight excluding hydrogens is 296 g/mol. The SMILES string of the molecule is CCC1SCCSC1C(O)Cc1ccc(C)cc1Cl. The van der Waals surface area contributed by atoms with E-state index < -0.39 is 0 Å². The highest BCUT2D eigenvalue weighted by Gasteiger charge is 2.31. The molecule has 1 N–H and O–H groups in total. The van der Waals surface area contributed by atoms with Gasteiger partial charge in [-0.25, -0.2) is 0 Å². The fraction of sp³-hybridized carbons (Fsp3) is 0.600. The molecular formula is C15H21ClOS2. The van der Waals surface area contributed by atoms with E-state index in [-0.39, 0.29) is 6.10 Å². The maximum atomic E-state index is 10.5. The fourth-order valence-corrected chi connectivity index (χ4v) is 5.91. The lowest BCUT2D eigenvalue weighted by Crippen LogP contribution is -2.37. The van der Waals surface area contributed by atoms with E-state index in [2.05, 4.69) is 13.0 Å². The van der Waals surface area contributed by atoms with Gasteiger partial charge in [-0.15, -0.1) is 0 Å². The fourth-order valence-electron chi connectivity index (χ4n) is 2.45. The first kappa shape index (κ1) is 15.6. The van der Waals surface area contributed by atoms with Crippen LogP contribution < -0.4 is 0 Å². The molecule has 1 fully saturated rings. The Morgan fingerprint density at radius 3 is 2.79 bits per heavy atom. The number of aryl methyl sites for hydroxylation is 1. The summed E-state index contributed by atoms with van der Waals surface area (Å²) in [5, 5.41) is 12.2. The van der Waals surface area contributed by atoms with Gasteiger partial charge in [-0.2, -0.15) is 23.5 Å². The first-order valence-electron chi connectivity index (χ1n) is 6.78. The van der Waals surface area contributed by atoms with Crippen LogP contribution in [-0.2, 0) is 6.42 Å². The summed E-state index contributed by atoms with van der Waals surface area (Å²) in [5.41, 5.74) is 2.23. The minimum Gasteiger partial charge on any atom is -0.392 e. The quantitative estimate of drug-likeness (QED) is 0.900. The summed E-state index contributed by atoms with van der Waals surface area (Å²) in [6.07, 6.45) is 1.48. The molecule has 0 radical (unpaired) electrons. The molecule has 1 saturated heterocycles. The third-order valence-electron chi connectivity index (χ3n) is 3.51. The third kappa shape index (κ3) is 4.07. The van der Waals surface area contributed by atoms with Gasteiger partial charge in [-0.1, -0.05) is 30.7 Å². The van der Waals surface area contributed by atoms with Crippen molar-refractivity contribution in [2.24, 2.45) is 0 Å². The van der Waals surface area contributed by atoms with Crippen LogP contribution >= 0.6 is 35.1 Å². The van der Waals surface area contributed by atoms with E-state index in [0.29, 0.717) is 16.9 Å². The smallest absolute Gasteiger partial charge is 0.0710 e. The highest BCUT2D eigenvalue weighted by Crippen LogP contribution is 2.36. The van der Waals surface area contributed by atoms with Crippen molar-refractivity contribution in [3.8, 4) is 0 Å². The van der Waals surface area contributed by atoms with Crippen molar-refractivity contribution in [3.63, 3.8) is 0 Å². The Morgan fingerprint density at radius 1 is 1.37 bits per heavy atom. The van der Waals surface area contributed by atoms with Crippen LogP contribution in [0.4, 0.5) is 0 Å². The molecule has 106 valence electrons. The number of aliphatic hydroxyl groups is 1. The third-order valence-corrected chi connectivity index (χ3v) is 7.26. The van der Waals surface area contributed by atoms with Gasteiger partial charge < -0.3 is 5.11 Å². The maximum absolute atomic E-state index is 10.5. The average Bonchev–Trinajstić information content (AvgIpc) is 2.41. The summed E-state index contributed by atoms with van der Waals surface area (Å²) in [4.78, 5) is 0. The zero-order valence-electron chi connectivity index (χ0n) is 11.4. The summed E-state index contributed by atoms with van der Waals surface area (Å²) < 4.78 is 0. The molecule has 0 aliphatic carbocycles. The van der Waals surface area contributed by atoms with Crippen molar-refractivity contribution < 1.29 is 5.11 Å². The molecule has 0 bridgehead atoms. The van der Waals surface area contributed by atoms with E-state index in [9.17, 15) is 5.11 Å². The molecule has 1 heterocycles. The van der Waals surface area contributed by atoms with Crippen LogP contribution in [0.15, 0.2) is 18.2 Å². The van der Waals surface area contributed by atoms with E-state index >= 15 is 0 Å². The lowest BCUT2D eigenvalue weighted by atomic mass is 10.0. The number of thioether (sulfide) groups is 2. The van der Waals surface area contributed by atoms with Crippen molar-refractivity contribution in [2.75, 3.05) is 11.5 Å². The van der Waals surface area contributed by atoms with Crippen molar-refractivity contribution in [3.05, 3.63) is 34.3 Å². The molecule has 19 heavy (non-hydrogen) atoms. The Morgan fingerprint density at radius 2 is 2.11 bits per heavy atom. The molecule has 0 spiro atoms. The van der Waals surface area contributed by atoms with Crippen molar-refractivity contribution >= 4 is 35.1 Å². The van der Waals surface area contributed by atoms with E-state index in [1.807, 2.05) is 42.6 Å². The predicted octanol–water partition coefficient (Wildman–Crippen LogP) is 4.18. The van der Waals surface area contributed by atoms with Crippen LogP contribution in [0.25, 0.3) is 0 Å². The van der Waals surface area contributed by atoms with Crippen LogP contribution in [0.5, 0.6) is 0 Å². The van der Waals surface area contributed by atoms with Gasteiger partial charge in [-0.05, 0) is 30.5 Å². The highest BCUT2D eigenvalue weighted by atomic mass is 35.5. The number of halogens is 1. The van der Waals surface area contributed by atoms with Gasteiger partial charge in [0.05, 0.1) is 6.10 Å². The molecule has 1 aliphatic heterocycles. The number of benzene rings is 1. The summed E-state index contributed by atoms with van der Waals surface area (Å²) in [7, 11) is 0. The predicted molar refractivity (Wildman–Crippen MR) is 88.7 cm³/mol. The number of aliphatic hydroxyl groups excluding tert-OH is 1. The van der Waals surface area contributed by atoms with Gasteiger partial charge in [0.25, 0.3) is 0 Å². The Balaban J connectivity index is 2.04. The largest absolute Gasteiger partial charge is 0.392 e. The molecule has 1 aromatic rings. The normalized spacial score (nSPS) is 25.3. The van der Waals surface area contributed by atoms with Crippen molar-refractivity contribution in [1.29, 1.82) is 0 Å². The summed E-state index contributed by atoms with van der Waals surface area (Å²) in [6.45, 7) is 4.24. The lowest BCUT2D eigenvalue weighted by molar-refractivity contribution is 0.169. The molecule has 4 heteroatoms. The average molecular weight is 317 g/mol. The summed E-state index contributed by atoms with van der Waals surface area (Å²) >= 11 is 10.2. The molecule has 1 aromatic carbocycles. The van der Waals surface area contributed by atoms with Crippen LogP contribution in [0.2, 0.25) is 5.02 Å². The Hall–Kier alpha value is 0.170. The summed E-state index contributed by atoms with van der Waals surface area (Å²) in [5.74, 6) is 2.35. The minimum atomic E-state index is -0.303. The molecule has 3 unspecified atom stereocenters. The number of hydrogen-bond acceptors (Lipinski definition) is 3. The lowest BCUT2D eigenvalue weighted by Gasteiger charge is -2.33. The van der Waals surface area contributed by atoms with Gasteiger partial charge in [0.2, 0.25) is 0 Å². The van der Waals surface area contributed by atoms with Crippen LogP contribution in [0.1, 0.15) is 24.5 Å². The second-order valence-corrected chi connectivity index (χ2v) is 8.06. The van der Waals surface area contributed by atoms with Gasteiger partial charge in [-0.3, -0.25) is 0 Å². The van der Waals surface area contributed by atoms with E-state index in [0.717, 1.165) is 28.3 Å². The molecule has 1 aliphatic rings. The Kier molecular flexibility index (Phi) is 5.94. The first-order valence-corrected chi connectivity index (χ1v) is 9.25. The molecule has 3 atom stereocenters. The standard InChI is InChI=1S/C15H21ClOS2/c1-3-14-15(19-7-6-18-14)13(17)9-11-5-4-10(2)8-12(11)16/h4-5,8,13-15,17H,3,6-7,9H2,1-2H3. The van der Waals surface area contributed by atoms with Crippen LogP contribution in [0.3, 0.4) is 0 Å². The number of rotatable bonds is 4. The minimum absolute atomic E-state index is 0.303. The van der Waals surface area contributed by atoms with Crippen LogP contribution in [-0.4, -0.2) is 33.2 Å². The van der Waals surface area contributed by atoms with Crippen molar-refractivity contribution in [2.45, 2.75) is 43.3 Å². The summed E-state index contributed by atoms with van der Waals surface area (Å²) in [6, 6.07) is 6.08. The topological polar surface area (TPSA) is 20.2 Å². The van der Waals surface area contributed by atoms with E-state index in [1.165, 1.54) is 5.75 Å². The molecule has 0 saturated carbocycles. The molecule has 2 rings (SSSR count). The Labute approximate surface area is 129 Å². The van der Waals surface area contributed by atoms with Gasteiger partial charge in [0.1, 0.15) is 0 Å². The Bertz CT molecular complexity index is 425. The first-order chi connectivity index (χ1) is 9.11.